The van der Waals surface area contributed by atoms with Gasteiger partial charge < -0.3 is 19.9 Å². The Morgan fingerprint density at radius 3 is 2.33 bits per heavy atom. The zero-order chi connectivity index (χ0) is 28.2. The lowest BCUT2D eigenvalue weighted by Gasteiger charge is -2.32. The number of carbonyl (C=O) groups excluding carboxylic acids is 3. The van der Waals surface area contributed by atoms with E-state index in [1.807, 2.05) is 55.6 Å². The molecule has 1 aromatic heterocycles. The Morgan fingerprint density at radius 2 is 1.60 bits per heavy atom. The van der Waals surface area contributed by atoms with E-state index in [1.54, 1.807) is 17.0 Å². The van der Waals surface area contributed by atoms with Crippen LogP contribution in [0.3, 0.4) is 0 Å². The van der Waals surface area contributed by atoms with Gasteiger partial charge in [0.15, 0.2) is 0 Å². The molecule has 0 spiro atoms. The summed E-state index contributed by atoms with van der Waals surface area (Å²) >= 11 is 7.75. The molecule has 0 aliphatic carbocycles. The van der Waals surface area contributed by atoms with Gasteiger partial charge in [-0.3, -0.25) is 25.2 Å². The van der Waals surface area contributed by atoms with Crippen LogP contribution in [-0.4, -0.2) is 67.9 Å². The van der Waals surface area contributed by atoms with E-state index in [9.17, 15) is 14.4 Å². The maximum absolute atomic E-state index is 12.9. The topological polar surface area (TPSA) is 103 Å². The SMILES string of the molecule is COc1cc(C(=O)N2CCN(C)CC2)ccc1C(=O)NNC(=O)c1sc2cc(Nc3ccccc3)ccc2c1Cl. The number of hydrogen-bond donors (Lipinski definition) is 3. The van der Waals surface area contributed by atoms with Crippen LogP contribution in [0.5, 0.6) is 5.75 Å². The van der Waals surface area contributed by atoms with Crippen molar-refractivity contribution >= 4 is 62.1 Å². The summed E-state index contributed by atoms with van der Waals surface area (Å²) in [5, 5.41) is 4.37. The monoisotopic (exact) mass is 577 g/mol. The molecule has 0 radical (unpaired) electrons. The molecule has 1 saturated heterocycles. The van der Waals surface area contributed by atoms with E-state index in [2.05, 4.69) is 21.1 Å². The molecule has 4 aromatic rings. The van der Waals surface area contributed by atoms with Crippen LogP contribution in [0.15, 0.2) is 66.7 Å². The van der Waals surface area contributed by atoms with Crippen molar-refractivity contribution < 1.29 is 19.1 Å². The number of fused-ring (bicyclic) bond motifs is 1. The molecule has 1 aliphatic heterocycles. The summed E-state index contributed by atoms with van der Waals surface area (Å²) in [6.45, 7) is 2.88. The molecule has 0 bridgehead atoms. The number of hydrogen-bond acceptors (Lipinski definition) is 7. The van der Waals surface area contributed by atoms with Crippen LogP contribution in [0.25, 0.3) is 10.1 Å². The Hall–Kier alpha value is -4.12. The number of para-hydroxylation sites is 1. The summed E-state index contributed by atoms with van der Waals surface area (Å²) in [4.78, 5) is 43.0. The predicted octanol–water partition coefficient (Wildman–Crippen LogP) is 4.77. The smallest absolute Gasteiger partial charge is 0.281 e. The number of methoxy groups -OCH3 is 1. The fourth-order valence-corrected chi connectivity index (χ4v) is 5.87. The van der Waals surface area contributed by atoms with Crippen molar-refractivity contribution in [3.8, 4) is 5.75 Å². The summed E-state index contributed by atoms with van der Waals surface area (Å²) in [5.41, 5.74) is 7.27. The number of nitrogens with zero attached hydrogens (tertiary/aromatic N) is 2. The fourth-order valence-electron chi connectivity index (χ4n) is 4.42. The first kappa shape index (κ1) is 27.4. The molecule has 2 heterocycles. The van der Waals surface area contributed by atoms with E-state index in [1.165, 1.54) is 24.5 Å². The van der Waals surface area contributed by atoms with Crippen LogP contribution in [0.2, 0.25) is 5.02 Å². The zero-order valence-corrected chi connectivity index (χ0v) is 23.6. The summed E-state index contributed by atoms with van der Waals surface area (Å²) < 4.78 is 6.21. The minimum atomic E-state index is -0.588. The fraction of sp³-hybridized carbons (Fsp3) is 0.207. The molecule has 11 heteroatoms. The molecule has 0 unspecified atom stereocenters. The highest BCUT2D eigenvalue weighted by atomic mass is 35.5. The van der Waals surface area contributed by atoms with Gasteiger partial charge in [-0.25, -0.2) is 0 Å². The van der Waals surface area contributed by atoms with Crippen molar-refractivity contribution in [2.45, 2.75) is 0 Å². The van der Waals surface area contributed by atoms with E-state index in [0.717, 1.165) is 34.6 Å². The first-order valence-corrected chi connectivity index (χ1v) is 13.8. The van der Waals surface area contributed by atoms with Crippen LogP contribution < -0.4 is 20.9 Å². The second-order valence-corrected chi connectivity index (χ2v) is 10.8. The molecule has 1 fully saturated rings. The van der Waals surface area contributed by atoms with Gasteiger partial charge in [-0.05, 0) is 55.6 Å². The molecule has 3 N–H and O–H groups in total. The van der Waals surface area contributed by atoms with Crippen LogP contribution in [0.4, 0.5) is 11.4 Å². The van der Waals surface area contributed by atoms with Gasteiger partial charge >= 0.3 is 0 Å². The van der Waals surface area contributed by atoms with Crippen molar-refractivity contribution in [1.29, 1.82) is 0 Å². The highest BCUT2D eigenvalue weighted by Gasteiger charge is 2.23. The lowest BCUT2D eigenvalue weighted by atomic mass is 10.1. The normalized spacial score (nSPS) is 13.6. The number of amides is 3. The quantitative estimate of drug-likeness (QED) is 0.285. The number of benzene rings is 3. The third-order valence-corrected chi connectivity index (χ3v) is 8.33. The Kier molecular flexibility index (Phi) is 8.20. The molecule has 1 aliphatic rings. The van der Waals surface area contributed by atoms with Crippen molar-refractivity contribution in [2.24, 2.45) is 0 Å². The van der Waals surface area contributed by atoms with E-state index < -0.39 is 11.8 Å². The third kappa shape index (κ3) is 5.89. The Bertz CT molecular complexity index is 1570. The molecule has 3 aromatic carbocycles. The van der Waals surface area contributed by atoms with Gasteiger partial charge in [0, 0.05) is 53.2 Å². The van der Waals surface area contributed by atoms with Gasteiger partial charge in [0.2, 0.25) is 0 Å². The molecule has 0 saturated carbocycles. The minimum absolute atomic E-state index is 0.117. The van der Waals surface area contributed by atoms with Crippen LogP contribution in [0, 0.1) is 0 Å². The summed E-state index contributed by atoms with van der Waals surface area (Å²) in [5.74, 6) is -1.02. The highest BCUT2D eigenvalue weighted by molar-refractivity contribution is 7.21. The van der Waals surface area contributed by atoms with Gasteiger partial charge in [-0.1, -0.05) is 29.8 Å². The molecule has 206 valence electrons. The zero-order valence-electron chi connectivity index (χ0n) is 22.0. The second kappa shape index (κ2) is 12.0. The van der Waals surface area contributed by atoms with Crippen molar-refractivity contribution in [3.05, 3.63) is 87.8 Å². The Morgan fingerprint density at radius 1 is 0.875 bits per heavy atom. The highest BCUT2D eigenvalue weighted by Crippen LogP contribution is 2.37. The first-order chi connectivity index (χ1) is 19.3. The van der Waals surface area contributed by atoms with E-state index >= 15 is 0 Å². The van der Waals surface area contributed by atoms with E-state index in [0.29, 0.717) is 23.7 Å². The predicted molar refractivity (Wildman–Crippen MR) is 158 cm³/mol. The lowest BCUT2D eigenvalue weighted by molar-refractivity contribution is 0.0663. The molecule has 5 rings (SSSR count). The first-order valence-electron chi connectivity index (χ1n) is 12.6. The molecular weight excluding hydrogens is 550 g/mol. The number of ether oxygens (including phenoxy) is 1. The molecule has 3 amide bonds. The Balaban J connectivity index is 1.25. The number of nitrogens with one attached hydrogen (secondary N) is 3. The van der Waals surface area contributed by atoms with Gasteiger partial charge in [-0.2, -0.15) is 0 Å². The summed E-state index contributed by atoms with van der Waals surface area (Å²) in [7, 11) is 3.44. The number of piperazine rings is 1. The third-order valence-electron chi connectivity index (χ3n) is 6.67. The second-order valence-electron chi connectivity index (χ2n) is 9.37. The molecule has 0 atom stereocenters. The van der Waals surface area contributed by atoms with Crippen molar-refractivity contribution in [2.75, 3.05) is 45.7 Å². The van der Waals surface area contributed by atoms with Gasteiger partial charge in [0.25, 0.3) is 17.7 Å². The molecular formula is C29H28ClN5O4S. The maximum Gasteiger partial charge on any atom is 0.281 e. The largest absolute Gasteiger partial charge is 0.496 e. The molecule has 40 heavy (non-hydrogen) atoms. The average molecular weight is 578 g/mol. The van der Waals surface area contributed by atoms with Crippen LogP contribution in [0.1, 0.15) is 30.4 Å². The summed E-state index contributed by atoms with van der Waals surface area (Å²) in [6, 6.07) is 20.1. The van der Waals surface area contributed by atoms with Gasteiger partial charge in [0.05, 0.1) is 17.7 Å². The summed E-state index contributed by atoms with van der Waals surface area (Å²) in [6.07, 6.45) is 0. The van der Waals surface area contributed by atoms with E-state index in [-0.39, 0.29) is 22.1 Å². The van der Waals surface area contributed by atoms with E-state index in [4.69, 9.17) is 16.3 Å². The average Bonchev–Trinajstić information content (AvgIpc) is 3.31. The Labute approximate surface area is 240 Å². The number of halogens is 1. The van der Waals surface area contributed by atoms with Crippen LogP contribution in [-0.2, 0) is 0 Å². The van der Waals surface area contributed by atoms with Gasteiger partial charge in [-0.15, -0.1) is 11.3 Å². The lowest BCUT2D eigenvalue weighted by Crippen LogP contribution is -2.47. The number of carbonyl (C=O) groups is 3. The number of hydrazine groups is 1. The minimum Gasteiger partial charge on any atom is -0.496 e. The number of rotatable bonds is 6. The maximum atomic E-state index is 12.9. The van der Waals surface area contributed by atoms with Crippen molar-refractivity contribution in [1.82, 2.24) is 20.7 Å². The molecule has 9 nitrogen and oxygen atoms in total. The number of likely N-dealkylation sites (N-methyl/N-ethyl adjacent to an activating group) is 1. The van der Waals surface area contributed by atoms with Gasteiger partial charge in [0.1, 0.15) is 10.6 Å². The number of anilines is 2. The standard InChI is InChI=1S/C29H28ClN5O4S/c1-34-12-14-35(15-13-34)29(38)18-8-10-21(23(16-18)39-2)27(36)32-33-28(37)26-25(30)22-11-9-20(17-24(22)40-26)31-19-6-4-3-5-7-19/h3-11,16-17,31H,12-15H2,1-2H3,(H,32,36)(H,33,37). The van der Waals surface area contributed by atoms with Crippen molar-refractivity contribution in [3.63, 3.8) is 0 Å². The number of thiophene rings is 1. The van der Waals surface area contributed by atoms with Crippen LogP contribution >= 0.6 is 22.9 Å².